The molecule has 1 heterocycles. The normalized spacial score (nSPS) is 10.4. The van der Waals surface area contributed by atoms with E-state index in [2.05, 4.69) is 20.3 Å². The number of tetrazole rings is 1. The molecular formula is C11H11ClN4O2. The molecule has 0 radical (unpaired) electrons. The fraction of sp³-hybridized carbons (Fsp3) is 0.273. The fourth-order valence-corrected chi connectivity index (χ4v) is 1.67. The van der Waals surface area contributed by atoms with E-state index in [1.165, 1.54) is 7.11 Å². The highest BCUT2D eigenvalue weighted by Gasteiger charge is 2.10. The van der Waals surface area contributed by atoms with Crippen LogP contribution in [-0.4, -0.2) is 33.3 Å². The van der Waals surface area contributed by atoms with Gasteiger partial charge in [-0.3, -0.25) is 0 Å². The molecule has 0 fully saturated rings. The molecule has 0 aliphatic rings. The standard InChI is InChI=1S/C11H11ClN4O2/c1-7-13-14-15-16(7)6-9-5-8(11(17)18-2)3-4-10(9)12/h3-5H,6H2,1-2H3. The molecule has 0 unspecified atom stereocenters. The average molecular weight is 267 g/mol. The van der Waals surface area contributed by atoms with Crippen molar-refractivity contribution in [2.24, 2.45) is 0 Å². The molecule has 1 aromatic carbocycles. The quantitative estimate of drug-likeness (QED) is 0.787. The fourth-order valence-electron chi connectivity index (χ4n) is 1.50. The van der Waals surface area contributed by atoms with Crippen molar-refractivity contribution in [3.05, 3.63) is 40.2 Å². The summed E-state index contributed by atoms with van der Waals surface area (Å²) >= 11 is 6.08. The smallest absolute Gasteiger partial charge is 0.337 e. The Balaban J connectivity index is 2.32. The lowest BCUT2D eigenvalue weighted by Gasteiger charge is -2.07. The van der Waals surface area contributed by atoms with Gasteiger partial charge in [0.1, 0.15) is 5.82 Å². The molecule has 0 aliphatic carbocycles. The lowest BCUT2D eigenvalue weighted by atomic mass is 10.1. The zero-order valence-corrected chi connectivity index (χ0v) is 10.7. The Kier molecular flexibility index (Phi) is 3.57. The number of hydrogen-bond acceptors (Lipinski definition) is 5. The van der Waals surface area contributed by atoms with E-state index >= 15 is 0 Å². The Hall–Kier alpha value is -1.95. The minimum atomic E-state index is -0.402. The van der Waals surface area contributed by atoms with Gasteiger partial charge in [-0.15, -0.1) is 5.10 Å². The lowest BCUT2D eigenvalue weighted by Crippen LogP contribution is -2.07. The van der Waals surface area contributed by atoms with Gasteiger partial charge < -0.3 is 4.74 Å². The second kappa shape index (κ2) is 5.14. The Morgan fingerprint density at radius 1 is 1.50 bits per heavy atom. The maximum absolute atomic E-state index is 11.4. The van der Waals surface area contributed by atoms with Crippen molar-refractivity contribution in [2.45, 2.75) is 13.5 Å². The van der Waals surface area contributed by atoms with Crippen molar-refractivity contribution in [3.8, 4) is 0 Å². The van der Waals surface area contributed by atoms with Crippen LogP contribution in [0.15, 0.2) is 18.2 Å². The number of esters is 1. The molecule has 6 nitrogen and oxygen atoms in total. The van der Waals surface area contributed by atoms with Crippen LogP contribution in [0.2, 0.25) is 5.02 Å². The first kappa shape index (κ1) is 12.5. The molecule has 18 heavy (non-hydrogen) atoms. The number of methoxy groups -OCH3 is 1. The first-order valence-electron chi connectivity index (χ1n) is 5.21. The number of aryl methyl sites for hydroxylation is 1. The zero-order valence-electron chi connectivity index (χ0n) is 9.92. The van der Waals surface area contributed by atoms with Gasteiger partial charge in [0.25, 0.3) is 0 Å². The molecule has 0 bridgehead atoms. The van der Waals surface area contributed by atoms with Gasteiger partial charge >= 0.3 is 5.97 Å². The van der Waals surface area contributed by atoms with Crippen LogP contribution in [0.1, 0.15) is 21.7 Å². The van der Waals surface area contributed by atoms with Gasteiger partial charge in [-0.1, -0.05) is 11.6 Å². The second-order valence-corrected chi connectivity index (χ2v) is 4.09. The van der Waals surface area contributed by atoms with Crippen molar-refractivity contribution in [1.29, 1.82) is 0 Å². The van der Waals surface area contributed by atoms with Crippen molar-refractivity contribution in [3.63, 3.8) is 0 Å². The van der Waals surface area contributed by atoms with Gasteiger partial charge in [-0.2, -0.15) is 0 Å². The molecule has 0 spiro atoms. The van der Waals surface area contributed by atoms with Gasteiger partial charge in [-0.25, -0.2) is 9.48 Å². The van der Waals surface area contributed by atoms with E-state index < -0.39 is 5.97 Å². The van der Waals surface area contributed by atoms with Crippen LogP contribution in [0.4, 0.5) is 0 Å². The summed E-state index contributed by atoms with van der Waals surface area (Å²) in [5.74, 6) is 0.274. The molecule has 2 aromatic rings. The van der Waals surface area contributed by atoms with Crippen LogP contribution in [0.3, 0.4) is 0 Å². The van der Waals surface area contributed by atoms with Gasteiger partial charge in [0.05, 0.1) is 19.2 Å². The van der Waals surface area contributed by atoms with E-state index in [4.69, 9.17) is 11.6 Å². The van der Waals surface area contributed by atoms with Gasteiger partial charge in [0, 0.05) is 5.02 Å². The average Bonchev–Trinajstić information content (AvgIpc) is 2.77. The van der Waals surface area contributed by atoms with Crippen molar-refractivity contribution in [2.75, 3.05) is 7.11 Å². The molecule has 0 saturated carbocycles. The third-order valence-electron chi connectivity index (χ3n) is 2.50. The number of carbonyl (C=O) groups is 1. The number of aromatic nitrogens is 4. The van der Waals surface area contributed by atoms with Crippen LogP contribution in [0, 0.1) is 6.92 Å². The molecule has 0 atom stereocenters. The van der Waals surface area contributed by atoms with E-state index in [0.29, 0.717) is 23.0 Å². The Morgan fingerprint density at radius 3 is 2.89 bits per heavy atom. The molecular weight excluding hydrogens is 256 g/mol. The summed E-state index contributed by atoms with van der Waals surface area (Å²) in [6.45, 7) is 2.20. The van der Waals surface area contributed by atoms with E-state index in [1.54, 1.807) is 29.8 Å². The van der Waals surface area contributed by atoms with Crippen LogP contribution in [0.25, 0.3) is 0 Å². The van der Waals surface area contributed by atoms with E-state index in [9.17, 15) is 4.79 Å². The number of halogens is 1. The number of rotatable bonds is 3. The van der Waals surface area contributed by atoms with Gasteiger partial charge in [0.2, 0.25) is 0 Å². The van der Waals surface area contributed by atoms with Crippen LogP contribution in [0.5, 0.6) is 0 Å². The molecule has 2 rings (SSSR count). The second-order valence-electron chi connectivity index (χ2n) is 3.68. The minimum absolute atomic E-state index is 0.402. The lowest BCUT2D eigenvalue weighted by molar-refractivity contribution is 0.0600. The first-order valence-corrected chi connectivity index (χ1v) is 5.59. The van der Waals surface area contributed by atoms with Crippen LogP contribution < -0.4 is 0 Å². The monoisotopic (exact) mass is 266 g/mol. The summed E-state index contributed by atoms with van der Waals surface area (Å²) in [6.07, 6.45) is 0. The van der Waals surface area contributed by atoms with E-state index in [-0.39, 0.29) is 0 Å². The SMILES string of the molecule is COC(=O)c1ccc(Cl)c(Cn2nnnc2C)c1. The minimum Gasteiger partial charge on any atom is -0.465 e. The maximum Gasteiger partial charge on any atom is 0.337 e. The molecule has 0 N–H and O–H groups in total. The highest BCUT2D eigenvalue weighted by molar-refractivity contribution is 6.31. The predicted molar refractivity (Wildman–Crippen MR) is 64.4 cm³/mol. The van der Waals surface area contributed by atoms with Crippen LogP contribution in [-0.2, 0) is 11.3 Å². The first-order chi connectivity index (χ1) is 8.61. The largest absolute Gasteiger partial charge is 0.465 e. The number of ether oxygens (including phenoxy) is 1. The van der Waals surface area contributed by atoms with E-state index in [1.807, 2.05) is 0 Å². The molecule has 0 amide bonds. The Morgan fingerprint density at radius 2 is 2.28 bits per heavy atom. The van der Waals surface area contributed by atoms with E-state index in [0.717, 1.165) is 5.56 Å². The molecule has 1 aromatic heterocycles. The number of hydrogen-bond donors (Lipinski definition) is 0. The summed E-state index contributed by atoms with van der Waals surface area (Å²) in [7, 11) is 1.34. The van der Waals surface area contributed by atoms with Gasteiger partial charge in [-0.05, 0) is 41.1 Å². The topological polar surface area (TPSA) is 69.9 Å². The predicted octanol–water partition coefficient (Wildman–Crippen LogP) is 1.47. The third kappa shape index (κ3) is 2.48. The highest BCUT2D eigenvalue weighted by Crippen LogP contribution is 2.19. The number of nitrogens with zero attached hydrogens (tertiary/aromatic N) is 4. The summed E-state index contributed by atoms with van der Waals surface area (Å²) in [4.78, 5) is 11.4. The zero-order chi connectivity index (χ0) is 13.1. The van der Waals surface area contributed by atoms with Crippen molar-refractivity contribution >= 4 is 17.6 Å². The third-order valence-corrected chi connectivity index (χ3v) is 2.87. The Bertz CT molecular complexity index is 582. The van der Waals surface area contributed by atoms with Crippen molar-refractivity contribution in [1.82, 2.24) is 20.2 Å². The molecule has 0 aliphatic heterocycles. The summed E-state index contributed by atoms with van der Waals surface area (Å²) < 4.78 is 6.26. The molecule has 0 saturated heterocycles. The number of carbonyl (C=O) groups excluding carboxylic acids is 1. The molecule has 94 valence electrons. The Labute approximate surface area is 109 Å². The van der Waals surface area contributed by atoms with Crippen molar-refractivity contribution < 1.29 is 9.53 Å². The van der Waals surface area contributed by atoms with Gasteiger partial charge in [0.15, 0.2) is 0 Å². The summed E-state index contributed by atoms with van der Waals surface area (Å²) in [6, 6.07) is 4.95. The van der Waals surface area contributed by atoms with Crippen LogP contribution >= 0.6 is 11.6 Å². The highest BCUT2D eigenvalue weighted by atomic mass is 35.5. The summed E-state index contributed by atoms with van der Waals surface area (Å²) in [5.41, 5.74) is 1.21. The number of benzene rings is 1. The maximum atomic E-state index is 11.4. The molecule has 7 heteroatoms. The summed E-state index contributed by atoms with van der Waals surface area (Å²) in [5, 5.41) is 11.7.